The van der Waals surface area contributed by atoms with Gasteiger partial charge >= 0.3 is 0 Å². The quantitative estimate of drug-likeness (QED) is 0.514. The van der Waals surface area contributed by atoms with E-state index in [4.69, 9.17) is 14.5 Å². The van der Waals surface area contributed by atoms with Gasteiger partial charge in [-0.25, -0.2) is 4.99 Å². The van der Waals surface area contributed by atoms with Crippen molar-refractivity contribution in [2.45, 2.75) is 60.1 Å². The van der Waals surface area contributed by atoms with Crippen molar-refractivity contribution in [1.82, 2.24) is 20.4 Å². The Bertz CT molecular complexity index is 903. The smallest absolute Gasteiger partial charge is 0.191 e. The van der Waals surface area contributed by atoms with E-state index < -0.39 is 0 Å². The summed E-state index contributed by atoms with van der Waals surface area (Å²) in [6.45, 7) is 13.1. The number of aliphatic imine (C=N–C) groups is 1. The third-order valence-corrected chi connectivity index (χ3v) is 5.46. The van der Waals surface area contributed by atoms with Gasteiger partial charge in [0.05, 0.1) is 18.8 Å². The van der Waals surface area contributed by atoms with Gasteiger partial charge in [0.15, 0.2) is 5.96 Å². The van der Waals surface area contributed by atoms with Crippen LogP contribution in [0.25, 0.3) is 0 Å². The summed E-state index contributed by atoms with van der Waals surface area (Å²) in [5, 5.41) is 11.3. The van der Waals surface area contributed by atoms with Crippen LogP contribution in [0.15, 0.2) is 17.1 Å². The van der Waals surface area contributed by atoms with Gasteiger partial charge in [0.1, 0.15) is 17.6 Å². The van der Waals surface area contributed by atoms with Gasteiger partial charge in [0.2, 0.25) is 0 Å². The normalized spacial score (nSPS) is 15.7. The van der Waals surface area contributed by atoms with Gasteiger partial charge in [-0.05, 0) is 58.7 Å². The number of rotatable bonds is 8. The average Bonchev–Trinajstić information content (AvgIpc) is 3.18. The molecule has 30 heavy (non-hydrogen) atoms. The fourth-order valence-corrected chi connectivity index (χ4v) is 3.89. The molecular weight excluding hydrogens is 378 g/mol. The van der Waals surface area contributed by atoms with E-state index in [0.29, 0.717) is 13.2 Å². The average molecular weight is 414 g/mol. The zero-order valence-electron chi connectivity index (χ0n) is 19.1. The lowest BCUT2D eigenvalue weighted by Crippen LogP contribution is -2.38. The molecule has 1 aliphatic heterocycles. The monoisotopic (exact) mass is 413 g/mol. The Morgan fingerprint density at radius 2 is 2.10 bits per heavy atom. The SMILES string of the molecule is CCNC(=NCc1cc2c(cc1OCC)CC(C)O2)NCCc1c(C)nn(C)c1C. The second-order valence-corrected chi connectivity index (χ2v) is 7.78. The first-order chi connectivity index (χ1) is 14.4. The van der Waals surface area contributed by atoms with Crippen LogP contribution < -0.4 is 20.1 Å². The zero-order valence-corrected chi connectivity index (χ0v) is 19.1. The molecule has 164 valence electrons. The molecule has 0 radical (unpaired) electrons. The number of hydrogen-bond donors (Lipinski definition) is 2. The number of aromatic nitrogens is 2. The number of hydrogen-bond acceptors (Lipinski definition) is 4. The van der Waals surface area contributed by atoms with E-state index in [1.54, 1.807) is 0 Å². The molecule has 7 heteroatoms. The van der Waals surface area contributed by atoms with Gasteiger partial charge in [-0.15, -0.1) is 0 Å². The highest BCUT2D eigenvalue weighted by Gasteiger charge is 2.21. The molecule has 1 aromatic heterocycles. The predicted octanol–water partition coefficient (Wildman–Crippen LogP) is 3.06. The molecule has 0 bridgehead atoms. The van der Waals surface area contributed by atoms with Crippen LogP contribution in [0.4, 0.5) is 0 Å². The number of fused-ring (bicyclic) bond motifs is 1. The fourth-order valence-electron chi connectivity index (χ4n) is 3.89. The minimum Gasteiger partial charge on any atom is -0.494 e. The number of nitrogens with one attached hydrogen (secondary N) is 2. The molecule has 0 amide bonds. The second-order valence-electron chi connectivity index (χ2n) is 7.78. The van der Waals surface area contributed by atoms with E-state index in [2.05, 4.69) is 55.6 Å². The van der Waals surface area contributed by atoms with Crippen molar-refractivity contribution in [2.24, 2.45) is 12.0 Å². The Morgan fingerprint density at radius 1 is 1.30 bits per heavy atom. The summed E-state index contributed by atoms with van der Waals surface area (Å²) in [5.41, 5.74) is 5.86. The van der Waals surface area contributed by atoms with E-state index in [1.165, 1.54) is 16.8 Å². The number of aryl methyl sites for hydroxylation is 2. The summed E-state index contributed by atoms with van der Waals surface area (Å²) < 4.78 is 13.8. The van der Waals surface area contributed by atoms with Crippen LogP contribution in [0, 0.1) is 13.8 Å². The Kier molecular flexibility index (Phi) is 7.24. The Balaban J connectivity index is 1.69. The molecule has 0 aliphatic carbocycles. The molecule has 1 atom stereocenters. The van der Waals surface area contributed by atoms with Crippen molar-refractivity contribution < 1.29 is 9.47 Å². The van der Waals surface area contributed by atoms with Crippen LogP contribution in [0.2, 0.25) is 0 Å². The Hall–Kier alpha value is -2.70. The molecule has 0 spiro atoms. The molecule has 0 fully saturated rings. The largest absolute Gasteiger partial charge is 0.494 e. The van der Waals surface area contributed by atoms with Crippen LogP contribution in [0.1, 0.15) is 48.8 Å². The van der Waals surface area contributed by atoms with Gasteiger partial charge in [0, 0.05) is 43.4 Å². The van der Waals surface area contributed by atoms with Crippen molar-refractivity contribution in [3.05, 3.63) is 40.2 Å². The third kappa shape index (κ3) is 5.07. The summed E-state index contributed by atoms with van der Waals surface area (Å²) >= 11 is 0. The van der Waals surface area contributed by atoms with Gasteiger partial charge in [0.25, 0.3) is 0 Å². The molecule has 7 nitrogen and oxygen atoms in total. The summed E-state index contributed by atoms with van der Waals surface area (Å²) in [6, 6.07) is 4.20. The molecule has 1 aromatic carbocycles. The van der Waals surface area contributed by atoms with Crippen molar-refractivity contribution in [3.63, 3.8) is 0 Å². The minimum atomic E-state index is 0.214. The summed E-state index contributed by atoms with van der Waals surface area (Å²) in [6.07, 6.45) is 2.05. The number of ether oxygens (including phenoxy) is 2. The van der Waals surface area contributed by atoms with E-state index in [0.717, 1.165) is 54.6 Å². The van der Waals surface area contributed by atoms with Crippen molar-refractivity contribution in [1.29, 1.82) is 0 Å². The molecule has 2 N–H and O–H groups in total. The highest BCUT2D eigenvalue weighted by molar-refractivity contribution is 5.79. The van der Waals surface area contributed by atoms with Crippen LogP contribution in [-0.2, 0) is 26.4 Å². The Labute approximate surface area is 179 Å². The standard InChI is InChI=1S/C23H35N5O2/c1-7-24-23(25-10-9-20-16(4)27-28(6)17(20)5)26-14-19-13-22-18(11-15(3)30-22)12-21(19)29-8-2/h12-13,15H,7-11,14H2,1-6H3,(H2,24,25,26). The van der Waals surface area contributed by atoms with E-state index in [9.17, 15) is 0 Å². The lowest BCUT2D eigenvalue weighted by atomic mass is 10.1. The number of guanidine groups is 1. The second kappa shape index (κ2) is 9.87. The maximum absolute atomic E-state index is 5.93. The molecule has 1 unspecified atom stereocenters. The molecule has 2 heterocycles. The van der Waals surface area contributed by atoms with Crippen molar-refractivity contribution >= 4 is 5.96 Å². The summed E-state index contributed by atoms with van der Waals surface area (Å²) in [4.78, 5) is 4.79. The minimum absolute atomic E-state index is 0.214. The molecular formula is C23H35N5O2. The lowest BCUT2D eigenvalue weighted by molar-refractivity contribution is 0.254. The number of benzene rings is 1. The van der Waals surface area contributed by atoms with Crippen LogP contribution >= 0.6 is 0 Å². The highest BCUT2D eigenvalue weighted by Crippen LogP contribution is 2.35. The van der Waals surface area contributed by atoms with Gasteiger partial charge in [-0.3, -0.25) is 4.68 Å². The lowest BCUT2D eigenvalue weighted by Gasteiger charge is -2.14. The zero-order chi connectivity index (χ0) is 21.7. The van der Waals surface area contributed by atoms with Gasteiger partial charge in [-0.2, -0.15) is 5.10 Å². The van der Waals surface area contributed by atoms with Crippen LogP contribution in [0.5, 0.6) is 11.5 Å². The third-order valence-electron chi connectivity index (χ3n) is 5.46. The van der Waals surface area contributed by atoms with Gasteiger partial charge < -0.3 is 20.1 Å². The van der Waals surface area contributed by atoms with E-state index >= 15 is 0 Å². The highest BCUT2D eigenvalue weighted by atomic mass is 16.5. The van der Waals surface area contributed by atoms with Gasteiger partial charge in [-0.1, -0.05) is 0 Å². The molecule has 2 aromatic rings. The molecule has 3 rings (SSSR count). The number of nitrogens with zero attached hydrogens (tertiary/aromatic N) is 3. The van der Waals surface area contributed by atoms with Crippen molar-refractivity contribution in [3.8, 4) is 11.5 Å². The topological polar surface area (TPSA) is 72.7 Å². The first kappa shape index (κ1) is 22.0. The maximum Gasteiger partial charge on any atom is 0.191 e. The predicted molar refractivity (Wildman–Crippen MR) is 121 cm³/mol. The maximum atomic E-state index is 5.93. The van der Waals surface area contributed by atoms with Crippen LogP contribution in [0.3, 0.4) is 0 Å². The molecule has 0 saturated carbocycles. The fraction of sp³-hybridized carbons (Fsp3) is 0.565. The first-order valence-electron chi connectivity index (χ1n) is 10.9. The van der Waals surface area contributed by atoms with Crippen LogP contribution in [-0.4, -0.2) is 41.5 Å². The van der Waals surface area contributed by atoms with E-state index in [-0.39, 0.29) is 6.10 Å². The first-order valence-corrected chi connectivity index (χ1v) is 10.9. The molecule has 1 aliphatic rings. The Morgan fingerprint density at radius 3 is 2.77 bits per heavy atom. The summed E-state index contributed by atoms with van der Waals surface area (Å²) in [5.74, 6) is 2.65. The summed E-state index contributed by atoms with van der Waals surface area (Å²) in [7, 11) is 1.99. The van der Waals surface area contributed by atoms with E-state index in [1.807, 2.05) is 18.7 Å². The molecule has 0 saturated heterocycles. The van der Waals surface area contributed by atoms with Crippen molar-refractivity contribution in [2.75, 3.05) is 19.7 Å².